The molecule has 26 heavy (non-hydrogen) atoms. The molecule has 3 aromatic rings. The first-order valence-corrected chi connectivity index (χ1v) is 7.78. The second-order valence-electron chi connectivity index (χ2n) is 5.33. The Morgan fingerprint density at radius 2 is 2.23 bits per heavy atom. The van der Waals surface area contributed by atoms with Crippen molar-refractivity contribution in [3.8, 4) is 17.2 Å². The van der Waals surface area contributed by atoms with Crippen molar-refractivity contribution in [2.75, 3.05) is 27.4 Å². The quantitative estimate of drug-likeness (QED) is 0.495. The summed E-state index contributed by atoms with van der Waals surface area (Å²) in [6, 6.07) is 4.55. The van der Waals surface area contributed by atoms with E-state index in [1.165, 1.54) is 12.3 Å². The van der Waals surface area contributed by atoms with Gasteiger partial charge in [0, 0.05) is 49.7 Å². The zero-order valence-corrected chi connectivity index (χ0v) is 14.3. The van der Waals surface area contributed by atoms with Gasteiger partial charge in [-0.25, -0.2) is 4.39 Å². The van der Waals surface area contributed by atoms with Crippen LogP contribution in [0.5, 0.6) is 5.75 Å². The van der Waals surface area contributed by atoms with Crippen LogP contribution in [-0.4, -0.2) is 48.9 Å². The lowest BCUT2D eigenvalue weighted by atomic mass is 10.1. The van der Waals surface area contributed by atoms with E-state index in [4.69, 9.17) is 19.7 Å². The van der Waals surface area contributed by atoms with Crippen molar-refractivity contribution in [1.82, 2.24) is 15.4 Å². The second-order valence-corrected chi connectivity index (χ2v) is 5.33. The monoisotopic (exact) mass is 359 g/mol. The first-order valence-electron chi connectivity index (χ1n) is 7.78. The number of hydrogen-bond donors (Lipinski definition) is 2. The van der Waals surface area contributed by atoms with Crippen LogP contribution in [0.4, 0.5) is 4.39 Å². The number of benzene rings is 1. The molecule has 0 saturated heterocycles. The molecule has 0 unspecified atom stereocenters. The standard InChI is InChI=1S/C17H18FN5O3/c1-20-9-10(8-19)13-6-16(26-23-13)17-11-5-12(18)15(25-4-3-24-2)7-14(11)21-22-17/h5-9H,3-4,19H2,1-2H3,(H,21,22)/b10-8+,20-9?. The van der Waals surface area contributed by atoms with Gasteiger partial charge in [-0.2, -0.15) is 5.10 Å². The van der Waals surface area contributed by atoms with E-state index in [-0.39, 0.29) is 12.4 Å². The van der Waals surface area contributed by atoms with Crippen molar-refractivity contribution in [3.63, 3.8) is 0 Å². The highest BCUT2D eigenvalue weighted by Crippen LogP contribution is 2.31. The average molecular weight is 359 g/mol. The highest BCUT2D eigenvalue weighted by atomic mass is 19.1. The number of aliphatic imine (C=N–C) groups is 1. The number of allylic oxidation sites excluding steroid dienone is 1. The minimum absolute atomic E-state index is 0.121. The fraction of sp³-hybridized carbons (Fsp3) is 0.235. The lowest BCUT2D eigenvalue weighted by molar-refractivity contribution is 0.144. The minimum Gasteiger partial charge on any atom is -0.488 e. The number of nitrogens with one attached hydrogen (secondary N) is 1. The fourth-order valence-electron chi connectivity index (χ4n) is 2.41. The van der Waals surface area contributed by atoms with Crippen LogP contribution in [-0.2, 0) is 4.74 Å². The topological polar surface area (TPSA) is 112 Å². The van der Waals surface area contributed by atoms with Gasteiger partial charge in [0.2, 0.25) is 0 Å². The number of aromatic amines is 1. The van der Waals surface area contributed by atoms with E-state index in [0.29, 0.717) is 40.2 Å². The number of nitrogens with zero attached hydrogens (tertiary/aromatic N) is 3. The molecule has 1 aromatic carbocycles. The Bertz CT molecular complexity index is 961. The van der Waals surface area contributed by atoms with Crippen LogP contribution < -0.4 is 10.5 Å². The van der Waals surface area contributed by atoms with Crippen molar-refractivity contribution < 1.29 is 18.4 Å². The van der Waals surface area contributed by atoms with Crippen LogP contribution >= 0.6 is 0 Å². The van der Waals surface area contributed by atoms with Crippen LogP contribution in [0.3, 0.4) is 0 Å². The lowest BCUT2D eigenvalue weighted by Crippen LogP contribution is -2.05. The Labute approximate surface area is 148 Å². The molecule has 0 spiro atoms. The summed E-state index contributed by atoms with van der Waals surface area (Å²) in [4.78, 5) is 3.91. The summed E-state index contributed by atoms with van der Waals surface area (Å²) < 4.78 is 29.9. The number of hydrogen-bond acceptors (Lipinski definition) is 7. The van der Waals surface area contributed by atoms with Crippen molar-refractivity contribution in [2.24, 2.45) is 10.7 Å². The molecular formula is C17H18FN5O3. The van der Waals surface area contributed by atoms with Crippen LogP contribution in [0.25, 0.3) is 27.9 Å². The van der Waals surface area contributed by atoms with E-state index >= 15 is 0 Å². The Morgan fingerprint density at radius 1 is 1.38 bits per heavy atom. The molecule has 0 saturated carbocycles. The molecule has 0 amide bonds. The van der Waals surface area contributed by atoms with E-state index < -0.39 is 5.82 Å². The average Bonchev–Trinajstić information content (AvgIpc) is 3.26. The molecule has 9 heteroatoms. The molecule has 0 aliphatic rings. The Kier molecular flexibility index (Phi) is 5.28. The smallest absolute Gasteiger partial charge is 0.188 e. The summed E-state index contributed by atoms with van der Waals surface area (Å²) in [6.07, 6.45) is 2.94. The van der Waals surface area contributed by atoms with Gasteiger partial charge in [0.15, 0.2) is 17.3 Å². The number of methoxy groups -OCH3 is 1. The molecule has 0 aliphatic heterocycles. The number of rotatable bonds is 7. The molecule has 0 bridgehead atoms. The maximum atomic E-state index is 14.3. The van der Waals surface area contributed by atoms with Crippen LogP contribution in [0, 0.1) is 5.82 Å². The van der Waals surface area contributed by atoms with Gasteiger partial charge in [0.1, 0.15) is 18.0 Å². The van der Waals surface area contributed by atoms with Crippen molar-refractivity contribution in [1.29, 1.82) is 0 Å². The van der Waals surface area contributed by atoms with Crippen molar-refractivity contribution >= 4 is 22.7 Å². The summed E-state index contributed by atoms with van der Waals surface area (Å²) >= 11 is 0. The van der Waals surface area contributed by atoms with E-state index in [2.05, 4.69) is 20.3 Å². The molecule has 2 aromatic heterocycles. The minimum atomic E-state index is -0.503. The van der Waals surface area contributed by atoms with Gasteiger partial charge in [-0.3, -0.25) is 10.1 Å². The number of H-pyrrole nitrogens is 1. The SMILES string of the molecule is CN=C/C(=C\N)c1cc(-c2n[nH]c3cc(OCCOC)c(F)cc23)on1. The van der Waals surface area contributed by atoms with Crippen molar-refractivity contribution in [3.05, 3.63) is 35.9 Å². The summed E-state index contributed by atoms with van der Waals surface area (Å²) in [6.45, 7) is 0.614. The van der Waals surface area contributed by atoms with Gasteiger partial charge in [-0.05, 0) is 6.07 Å². The first kappa shape index (κ1) is 17.6. The van der Waals surface area contributed by atoms with E-state index in [1.54, 1.807) is 32.5 Å². The normalized spacial score (nSPS) is 12.3. The third-order valence-corrected chi connectivity index (χ3v) is 3.65. The number of nitrogens with two attached hydrogens (primary N) is 1. The second kappa shape index (κ2) is 7.79. The predicted octanol–water partition coefficient (Wildman–Crippen LogP) is 2.38. The molecular weight excluding hydrogens is 341 g/mol. The first-order chi connectivity index (χ1) is 12.7. The van der Waals surface area contributed by atoms with Crippen LogP contribution in [0.2, 0.25) is 0 Å². The zero-order chi connectivity index (χ0) is 18.5. The molecule has 3 rings (SSSR count). The van der Waals surface area contributed by atoms with Crippen LogP contribution in [0.1, 0.15) is 5.69 Å². The Balaban J connectivity index is 1.94. The van der Waals surface area contributed by atoms with Crippen molar-refractivity contribution in [2.45, 2.75) is 0 Å². The van der Waals surface area contributed by atoms with Gasteiger partial charge < -0.3 is 19.7 Å². The van der Waals surface area contributed by atoms with Gasteiger partial charge in [0.05, 0.1) is 12.1 Å². The molecule has 136 valence electrons. The maximum Gasteiger partial charge on any atom is 0.188 e. The third kappa shape index (κ3) is 3.42. The number of fused-ring (bicyclic) bond motifs is 1. The third-order valence-electron chi connectivity index (χ3n) is 3.65. The van der Waals surface area contributed by atoms with Gasteiger partial charge in [-0.1, -0.05) is 5.16 Å². The molecule has 0 atom stereocenters. The molecule has 0 fully saturated rings. The van der Waals surface area contributed by atoms with Gasteiger partial charge >= 0.3 is 0 Å². The summed E-state index contributed by atoms with van der Waals surface area (Å²) in [7, 11) is 3.17. The summed E-state index contributed by atoms with van der Waals surface area (Å²) in [5.74, 6) is -0.00489. The molecule has 8 nitrogen and oxygen atoms in total. The molecule has 0 radical (unpaired) electrons. The summed E-state index contributed by atoms with van der Waals surface area (Å²) in [5.41, 5.74) is 7.71. The van der Waals surface area contributed by atoms with E-state index in [9.17, 15) is 4.39 Å². The summed E-state index contributed by atoms with van der Waals surface area (Å²) in [5, 5.41) is 11.5. The highest BCUT2D eigenvalue weighted by Gasteiger charge is 2.17. The van der Waals surface area contributed by atoms with Gasteiger partial charge in [0.25, 0.3) is 0 Å². The number of aromatic nitrogens is 3. The Hall–Kier alpha value is -3.20. The van der Waals surface area contributed by atoms with E-state index in [1.807, 2.05) is 0 Å². The molecule has 2 heterocycles. The van der Waals surface area contributed by atoms with Crippen LogP contribution in [0.15, 0.2) is 33.9 Å². The number of halogens is 1. The highest BCUT2D eigenvalue weighted by molar-refractivity contribution is 6.09. The molecule has 0 aliphatic carbocycles. The van der Waals surface area contributed by atoms with E-state index in [0.717, 1.165) is 0 Å². The number of ether oxygens (including phenoxy) is 2. The predicted molar refractivity (Wildman–Crippen MR) is 95.5 cm³/mol. The molecule has 3 N–H and O–H groups in total. The Morgan fingerprint density at radius 3 is 2.96 bits per heavy atom. The largest absolute Gasteiger partial charge is 0.488 e. The lowest BCUT2D eigenvalue weighted by Gasteiger charge is -2.06. The van der Waals surface area contributed by atoms with Gasteiger partial charge in [-0.15, -0.1) is 0 Å². The zero-order valence-electron chi connectivity index (χ0n) is 14.3. The maximum absolute atomic E-state index is 14.3. The fourth-order valence-corrected chi connectivity index (χ4v) is 2.41.